The van der Waals surface area contributed by atoms with Crippen LogP contribution in [0.5, 0.6) is 0 Å². The van der Waals surface area contributed by atoms with Crippen molar-refractivity contribution in [3.63, 3.8) is 0 Å². The van der Waals surface area contributed by atoms with Gasteiger partial charge < -0.3 is 16.0 Å². The van der Waals surface area contributed by atoms with Crippen molar-refractivity contribution in [2.45, 2.75) is 25.9 Å². The fourth-order valence-corrected chi connectivity index (χ4v) is 2.27. The molecule has 1 aliphatic heterocycles. The highest BCUT2D eigenvalue weighted by Crippen LogP contribution is 2.22. The normalized spacial score (nSPS) is 25.8. The predicted molar refractivity (Wildman–Crippen MR) is 65.1 cm³/mol. The van der Waals surface area contributed by atoms with Crippen LogP contribution in [0.2, 0.25) is 0 Å². The fraction of sp³-hybridized carbons (Fsp3) is 0.500. The van der Waals surface area contributed by atoms with Gasteiger partial charge in [0, 0.05) is 30.9 Å². The third-order valence-electron chi connectivity index (χ3n) is 2.90. The number of piperazine rings is 1. The average molecular weight is 223 g/mol. The van der Waals surface area contributed by atoms with E-state index in [2.05, 4.69) is 24.1 Å². The smallest absolute Gasteiger partial charge is 0.146 e. The van der Waals surface area contributed by atoms with Crippen LogP contribution < -0.4 is 16.0 Å². The Hall–Kier alpha value is -1.29. The summed E-state index contributed by atoms with van der Waals surface area (Å²) in [4.78, 5) is 2.24. The Labute approximate surface area is 95.4 Å². The molecule has 16 heavy (non-hydrogen) atoms. The summed E-state index contributed by atoms with van der Waals surface area (Å²) in [6, 6.07) is 5.81. The molecule has 0 spiro atoms. The number of nitrogens with two attached hydrogens (primary N) is 1. The summed E-state index contributed by atoms with van der Waals surface area (Å²) >= 11 is 0. The third-order valence-corrected chi connectivity index (χ3v) is 2.90. The monoisotopic (exact) mass is 223 g/mol. The van der Waals surface area contributed by atoms with Crippen molar-refractivity contribution >= 4 is 11.4 Å². The number of halogens is 1. The topological polar surface area (TPSA) is 41.3 Å². The van der Waals surface area contributed by atoms with Gasteiger partial charge in [0.25, 0.3) is 0 Å². The summed E-state index contributed by atoms with van der Waals surface area (Å²) in [5.74, 6) is -0.347. The van der Waals surface area contributed by atoms with Crippen LogP contribution >= 0.6 is 0 Å². The highest BCUT2D eigenvalue weighted by atomic mass is 19.1. The standard InChI is InChI=1S/C12H18FN3/c1-8-6-16(7-9(2)15-8)10-3-4-11(13)12(14)5-10/h3-5,8-9,15H,6-7,14H2,1-2H3/t8-,9+. The van der Waals surface area contributed by atoms with Gasteiger partial charge in [0.1, 0.15) is 5.82 Å². The first-order valence-electron chi connectivity index (χ1n) is 5.62. The van der Waals surface area contributed by atoms with Gasteiger partial charge in [0.15, 0.2) is 0 Å². The van der Waals surface area contributed by atoms with E-state index in [0.717, 1.165) is 18.8 Å². The van der Waals surface area contributed by atoms with Crippen molar-refractivity contribution < 1.29 is 4.39 Å². The van der Waals surface area contributed by atoms with Crippen molar-refractivity contribution in [1.29, 1.82) is 0 Å². The molecule has 1 aromatic rings. The lowest BCUT2D eigenvalue weighted by molar-refractivity contribution is 0.407. The molecule has 1 aromatic carbocycles. The molecule has 0 saturated carbocycles. The van der Waals surface area contributed by atoms with Gasteiger partial charge in [-0.05, 0) is 32.0 Å². The molecule has 3 nitrogen and oxygen atoms in total. The summed E-state index contributed by atoms with van der Waals surface area (Å²) in [5.41, 5.74) is 6.80. The molecule has 0 aromatic heterocycles. The Morgan fingerprint density at radius 1 is 1.31 bits per heavy atom. The molecule has 0 bridgehead atoms. The maximum Gasteiger partial charge on any atom is 0.146 e. The number of nitrogen functional groups attached to an aromatic ring is 1. The van der Waals surface area contributed by atoms with Crippen molar-refractivity contribution in [3.05, 3.63) is 24.0 Å². The van der Waals surface area contributed by atoms with Crippen LogP contribution in [0.15, 0.2) is 18.2 Å². The van der Waals surface area contributed by atoms with E-state index in [0.29, 0.717) is 12.1 Å². The number of hydrogen-bond acceptors (Lipinski definition) is 3. The molecule has 4 heteroatoms. The fourth-order valence-electron chi connectivity index (χ4n) is 2.27. The number of benzene rings is 1. The van der Waals surface area contributed by atoms with Crippen LogP contribution in [-0.2, 0) is 0 Å². The molecule has 0 aliphatic carbocycles. The van der Waals surface area contributed by atoms with Gasteiger partial charge in [-0.3, -0.25) is 0 Å². The molecule has 2 rings (SSSR count). The van der Waals surface area contributed by atoms with Crippen molar-refractivity contribution in [2.24, 2.45) is 0 Å². The van der Waals surface area contributed by atoms with E-state index < -0.39 is 0 Å². The minimum Gasteiger partial charge on any atom is -0.396 e. The molecule has 1 aliphatic rings. The zero-order chi connectivity index (χ0) is 11.7. The minimum absolute atomic E-state index is 0.219. The summed E-state index contributed by atoms with van der Waals surface area (Å²) < 4.78 is 13.1. The van der Waals surface area contributed by atoms with E-state index in [1.54, 1.807) is 12.1 Å². The minimum atomic E-state index is -0.347. The second-order valence-electron chi connectivity index (χ2n) is 4.58. The number of hydrogen-bond donors (Lipinski definition) is 2. The molecule has 1 fully saturated rings. The zero-order valence-electron chi connectivity index (χ0n) is 9.70. The predicted octanol–water partition coefficient (Wildman–Crippen LogP) is 1.59. The van der Waals surface area contributed by atoms with E-state index >= 15 is 0 Å². The van der Waals surface area contributed by atoms with Crippen LogP contribution in [0.25, 0.3) is 0 Å². The number of nitrogens with one attached hydrogen (secondary N) is 1. The molecule has 88 valence electrons. The lowest BCUT2D eigenvalue weighted by atomic mass is 10.1. The third kappa shape index (κ3) is 2.27. The summed E-state index contributed by atoms with van der Waals surface area (Å²) in [6.07, 6.45) is 0. The Bertz CT molecular complexity index is 371. The first-order valence-corrected chi connectivity index (χ1v) is 5.62. The highest BCUT2D eigenvalue weighted by molar-refractivity contribution is 5.57. The first-order chi connectivity index (χ1) is 7.56. The van der Waals surface area contributed by atoms with Gasteiger partial charge in [-0.1, -0.05) is 0 Å². The van der Waals surface area contributed by atoms with Crippen LogP contribution in [-0.4, -0.2) is 25.2 Å². The summed E-state index contributed by atoms with van der Waals surface area (Å²) in [7, 11) is 0. The first kappa shape index (κ1) is 11.2. The quantitative estimate of drug-likeness (QED) is 0.710. The van der Waals surface area contributed by atoms with Crippen molar-refractivity contribution in [2.75, 3.05) is 23.7 Å². The molecule has 0 unspecified atom stereocenters. The van der Waals surface area contributed by atoms with E-state index in [-0.39, 0.29) is 11.5 Å². The van der Waals surface area contributed by atoms with Gasteiger partial charge in [-0.2, -0.15) is 0 Å². The van der Waals surface area contributed by atoms with Gasteiger partial charge in [-0.15, -0.1) is 0 Å². The second-order valence-corrected chi connectivity index (χ2v) is 4.58. The Morgan fingerprint density at radius 2 is 1.94 bits per heavy atom. The van der Waals surface area contributed by atoms with Gasteiger partial charge >= 0.3 is 0 Å². The summed E-state index contributed by atoms with van der Waals surface area (Å²) in [6.45, 7) is 6.15. The Morgan fingerprint density at radius 3 is 2.50 bits per heavy atom. The van der Waals surface area contributed by atoms with Crippen molar-refractivity contribution in [3.8, 4) is 0 Å². The molecule has 3 N–H and O–H groups in total. The van der Waals surface area contributed by atoms with Crippen LogP contribution in [0.4, 0.5) is 15.8 Å². The molecule has 1 heterocycles. The number of rotatable bonds is 1. The van der Waals surface area contributed by atoms with Gasteiger partial charge in [0.05, 0.1) is 5.69 Å². The van der Waals surface area contributed by atoms with Gasteiger partial charge in [0.2, 0.25) is 0 Å². The van der Waals surface area contributed by atoms with Crippen LogP contribution in [0.1, 0.15) is 13.8 Å². The lowest BCUT2D eigenvalue weighted by Gasteiger charge is -2.37. The van der Waals surface area contributed by atoms with E-state index in [4.69, 9.17) is 5.73 Å². The Kier molecular flexibility index (Phi) is 3.01. The second kappa shape index (κ2) is 4.29. The molecular formula is C12H18FN3. The lowest BCUT2D eigenvalue weighted by Crippen LogP contribution is -2.54. The van der Waals surface area contributed by atoms with Crippen LogP contribution in [0.3, 0.4) is 0 Å². The molecule has 1 saturated heterocycles. The molecule has 2 atom stereocenters. The maximum absolute atomic E-state index is 13.1. The van der Waals surface area contributed by atoms with Gasteiger partial charge in [-0.25, -0.2) is 4.39 Å². The van der Waals surface area contributed by atoms with Crippen LogP contribution in [0, 0.1) is 5.82 Å². The highest BCUT2D eigenvalue weighted by Gasteiger charge is 2.21. The Balaban J connectivity index is 2.19. The maximum atomic E-state index is 13.1. The molecule has 0 radical (unpaired) electrons. The zero-order valence-corrected chi connectivity index (χ0v) is 9.70. The average Bonchev–Trinajstić information content (AvgIpc) is 2.20. The number of anilines is 2. The SMILES string of the molecule is C[C@@H]1CN(c2ccc(F)c(N)c2)C[C@H](C)N1. The van der Waals surface area contributed by atoms with Crippen molar-refractivity contribution in [1.82, 2.24) is 5.32 Å². The molecule has 0 amide bonds. The molecular weight excluding hydrogens is 205 g/mol. The number of nitrogens with zero attached hydrogens (tertiary/aromatic N) is 1. The summed E-state index contributed by atoms with van der Waals surface area (Å²) in [5, 5.41) is 3.46. The van der Waals surface area contributed by atoms with E-state index in [1.807, 2.05) is 0 Å². The largest absolute Gasteiger partial charge is 0.396 e. The van der Waals surface area contributed by atoms with E-state index in [9.17, 15) is 4.39 Å². The van der Waals surface area contributed by atoms with E-state index in [1.165, 1.54) is 6.07 Å².